The summed E-state index contributed by atoms with van der Waals surface area (Å²) in [5.74, 6) is -0.352. The van der Waals surface area contributed by atoms with Gasteiger partial charge in [-0.25, -0.2) is 4.79 Å². The molecule has 2 aromatic carbocycles. The third-order valence-corrected chi connectivity index (χ3v) is 6.81. The Morgan fingerprint density at radius 3 is 2.31 bits per heavy atom. The quantitative estimate of drug-likeness (QED) is 0.667. The third-order valence-electron chi connectivity index (χ3n) is 5.18. The van der Waals surface area contributed by atoms with Crippen LogP contribution in [-0.2, 0) is 15.1 Å². The summed E-state index contributed by atoms with van der Waals surface area (Å²) in [7, 11) is 2.88. The molecule has 0 fully saturated rings. The number of rotatable bonds is 6. The van der Waals surface area contributed by atoms with Crippen LogP contribution < -0.4 is 4.74 Å². The Bertz CT molecular complexity index is 892. The van der Waals surface area contributed by atoms with Gasteiger partial charge in [0.05, 0.1) is 30.8 Å². The predicted octanol–water partition coefficient (Wildman–Crippen LogP) is 4.08. The van der Waals surface area contributed by atoms with E-state index in [1.165, 1.54) is 18.9 Å². The van der Waals surface area contributed by atoms with Crippen molar-refractivity contribution in [1.29, 1.82) is 0 Å². The zero-order valence-corrected chi connectivity index (χ0v) is 17.9. The number of methoxy groups -OCH3 is 2. The number of hydrogen-bond donors (Lipinski definition) is 2. The lowest BCUT2D eigenvalue weighted by molar-refractivity contribution is -0.135. The highest BCUT2D eigenvalue weighted by Crippen LogP contribution is 2.50. The number of ether oxygens (including phenoxy) is 2. The van der Waals surface area contributed by atoms with Gasteiger partial charge in [0.25, 0.3) is 0 Å². The average molecular weight is 435 g/mol. The van der Waals surface area contributed by atoms with E-state index in [0.717, 1.165) is 0 Å². The fraction of sp³-hybridized carbons (Fsp3) is 0.318. The fourth-order valence-corrected chi connectivity index (χ4v) is 5.05. The molecule has 0 aliphatic carbocycles. The molecule has 0 saturated carbocycles. The molecule has 3 rings (SSSR count). The minimum Gasteiger partial charge on any atom is -0.497 e. The van der Waals surface area contributed by atoms with Gasteiger partial charge in [0.15, 0.2) is 0 Å². The van der Waals surface area contributed by atoms with Gasteiger partial charge in [0, 0.05) is 16.2 Å². The van der Waals surface area contributed by atoms with Crippen LogP contribution in [0.4, 0.5) is 0 Å². The van der Waals surface area contributed by atoms with Crippen LogP contribution >= 0.6 is 23.4 Å². The number of carbonyl (C=O) groups is 1. The van der Waals surface area contributed by atoms with E-state index in [4.69, 9.17) is 21.1 Å². The molecule has 1 aliphatic heterocycles. The highest BCUT2D eigenvalue weighted by molar-refractivity contribution is 8.04. The van der Waals surface area contributed by atoms with E-state index in [1.807, 2.05) is 0 Å². The first kappa shape index (κ1) is 21.7. The van der Waals surface area contributed by atoms with Crippen molar-refractivity contribution in [2.24, 2.45) is 5.92 Å². The molecule has 0 bridgehead atoms. The Morgan fingerprint density at radius 1 is 1.14 bits per heavy atom. The summed E-state index contributed by atoms with van der Waals surface area (Å²) in [4.78, 5) is 12.5. The minimum absolute atomic E-state index is 0.365. The molecule has 154 valence electrons. The number of aliphatic hydroxyl groups is 2. The van der Waals surface area contributed by atoms with Gasteiger partial charge in [0.2, 0.25) is 0 Å². The zero-order valence-electron chi connectivity index (χ0n) is 16.3. The van der Waals surface area contributed by atoms with Gasteiger partial charge in [-0.2, -0.15) is 0 Å². The molecule has 1 heterocycles. The van der Waals surface area contributed by atoms with Gasteiger partial charge in [-0.15, -0.1) is 11.8 Å². The van der Waals surface area contributed by atoms with E-state index in [9.17, 15) is 15.0 Å². The largest absolute Gasteiger partial charge is 0.497 e. The number of carbonyl (C=O) groups excluding carboxylic acids is 1. The van der Waals surface area contributed by atoms with Gasteiger partial charge in [-0.1, -0.05) is 41.9 Å². The van der Waals surface area contributed by atoms with Crippen molar-refractivity contribution < 1.29 is 24.5 Å². The summed E-state index contributed by atoms with van der Waals surface area (Å²) in [6.07, 6.45) is 0.760. The van der Waals surface area contributed by atoms with E-state index < -0.39 is 28.8 Å². The number of esters is 1. The molecule has 29 heavy (non-hydrogen) atoms. The van der Waals surface area contributed by atoms with Crippen molar-refractivity contribution >= 4 is 29.3 Å². The molecule has 7 heteroatoms. The standard InChI is InChI=1S/C22H23ClO5S/c1-22(26,14-6-8-15(23)9-7-14)17-12-18(21(25)28-3)29-20(17)19(24)13-4-10-16(27-2)11-5-13/h4-12,17,19-20,24,26H,1-3H3/t17-,19?,20-,22-/m1/s1. The van der Waals surface area contributed by atoms with Gasteiger partial charge in [-0.05, 0) is 42.3 Å². The maximum atomic E-state index is 12.1. The Kier molecular flexibility index (Phi) is 6.58. The SMILES string of the molecule is COC(=O)C1=C[C@@H]([C@](C)(O)c2ccc(Cl)cc2)[C@H](C(O)c2ccc(OC)cc2)S1. The molecule has 2 aromatic rings. The first-order valence-electron chi connectivity index (χ1n) is 9.05. The van der Waals surface area contributed by atoms with E-state index in [1.54, 1.807) is 68.6 Å². The Morgan fingerprint density at radius 2 is 1.76 bits per heavy atom. The number of benzene rings is 2. The molecule has 5 nitrogen and oxygen atoms in total. The Hall–Kier alpha value is -1.99. The summed E-state index contributed by atoms with van der Waals surface area (Å²) >= 11 is 7.19. The van der Waals surface area contributed by atoms with E-state index in [0.29, 0.717) is 26.8 Å². The number of halogens is 1. The lowest BCUT2D eigenvalue weighted by Crippen LogP contribution is -2.38. The van der Waals surface area contributed by atoms with Gasteiger partial charge in [0.1, 0.15) is 5.75 Å². The number of thioether (sulfide) groups is 1. The van der Waals surface area contributed by atoms with Crippen molar-refractivity contribution in [3.63, 3.8) is 0 Å². The molecular weight excluding hydrogens is 412 g/mol. The van der Waals surface area contributed by atoms with Crippen LogP contribution in [0.15, 0.2) is 59.5 Å². The number of aliphatic hydroxyl groups excluding tert-OH is 1. The smallest absolute Gasteiger partial charge is 0.344 e. The molecule has 4 atom stereocenters. The van der Waals surface area contributed by atoms with Crippen LogP contribution in [0.1, 0.15) is 24.2 Å². The van der Waals surface area contributed by atoms with Gasteiger partial charge in [-0.3, -0.25) is 0 Å². The second-order valence-electron chi connectivity index (χ2n) is 7.00. The molecular formula is C22H23ClO5S. The summed E-state index contributed by atoms with van der Waals surface area (Å²) < 4.78 is 10.0. The Labute approximate surface area is 179 Å². The maximum absolute atomic E-state index is 12.1. The van der Waals surface area contributed by atoms with Crippen molar-refractivity contribution in [2.45, 2.75) is 23.9 Å². The molecule has 0 radical (unpaired) electrons. The second kappa shape index (κ2) is 8.79. The maximum Gasteiger partial charge on any atom is 0.344 e. The van der Waals surface area contributed by atoms with Crippen LogP contribution in [-0.4, -0.2) is 35.7 Å². The molecule has 1 aliphatic rings. The highest BCUT2D eigenvalue weighted by atomic mass is 35.5. The van der Waals surface area contributed by atoms with E-state index in [2.05, 4.69) is 0 Å². The van der Waals surface area contributed by atoms with E-state index in [-0.39, 0.29) is 0 Å². The summed E-state index contributed by atoms with van der Waals surface area (Å²) in [5.41, 5.74) is -0.0348. The van der Waals surface area contributed by atoms with Crippen molar-refractivity contribution in [3.8, 4) is 5.75 Å². The van der Waals surface area contributed by atoms with Gasteiger partial charge < -0.3 is 19.7 Å². The molecule has 0 amide bonds. The van der Waals surface area contributed by atoms with Crippen LogP contribution in [0.2, 0.25) is 5.02 Å². The normalized spacial score (nSPS) is 21.8. The van der Waals surface area contributed by atoms with Crippen LogP contribution in [0.5, 0.6) is 5.75 Å². The minimum atomic E-state index is -1.34. The van der Waals surface area contributed by atoms with Crippen molar-refractivity contribution in [2.75, 3.05) is 14.2 Å². The van der Waals surface area contributed by atoms with Crippen LogP contribution in [0.3, 0.4) is 0 Å². The molecule has 0 saturated heterocycles. The van der Waals surface area contributed by atoms with Gasteiger partial charge >= 0.3 is 5.97 Å². The molecule has 0 aromatic heterocycles. The summed E-state index contributed by atoms with van der Waals surface area (Å²) in [6.45, 7) is 1.67. The van der Waals surface area contributed by atoms with Crippen molar-refractivity contribution in [1.82, 2.24) is 0 Å². The first-order valence-corrected chi connectivity index (χ1v) is 10.3. The first-order chi connectivity index (χ1) is 13.8. The highest BCUT2D eigenvalue weighted by Gasteiger charge is 2.46. The molecule has 1 unspecified atom stereocenters. The fourth-order valence-electron chi connectivity index (χ4n) is 3.45. The van der Waals surface area contributed by atoms with Crippen LogP contribution in [0, 0.1) is 5.92 Å². The molecule has 0 spiro atoms. The summed E-state index contributed by atoms with van der Waals surface area (Å²) in [6, 6.07) is 14.0. The third kappa shape index (κ3) is 4.46. The monoisotopic (exact) mass is 434 g/mol. The predicted molar refractivity (Wildman–Crippen MR) is 114 cm³/mol. The van der Waals surface area contributed by atoms with Crippen LogP contribution in [0.25, 0.3) is 0 Å². The lowest BCUT2D eigenvalue weighted by Gasteiger charge is -2.35. The summed E-state index contributed by atoms with van der Waals surface area (Å²) in [5, 5.41) is 22.6. The Balaban J connectivity index is 1.97. The zero-order chi connectivity index (χ0) is 21.2. The molecule has 2 N–H and O–H groups in total. The number of hydrogen-bond acceptors (Lipinski definition) is 6. The van der Waals surface area contributed by atoms with E-state index >= 15 is 0 Å². The topological polar surface area (TPSA) is 76.0 Å². The average Bonchev–Trinajstić information content (AvgIpc) is 3.19. The van der Waals surface area contributed by atoms with Crippen molar-refractivity contribution in [3.05, 3.63) is 75.7 Å². The lowest BCUT2D eigenvalue weighted by atomic mass is 9.78. The second-order valence-corrected chi connectivity index (χ2v) is 8.66.